The Labute approximate surface area is 194 Å². The minimum atomic E-state index is -3.28. The van der Waals surface area contributed by atoms with Gasteiger partial charge in [-0.25, -0.2) is 18.2 Å². The van der Waals surface area contributed by atoms with Crippen molar-refractivity contribution in [1.82, 2.24) is 9.88 Å². The van der Waals surface area contributed by atoms with Gasteiger partial charge in [0.2, 0.25) is 0 Å². The van der Waals surface area contributed by atoms with Gasteiger partial charge < -0.3 is 19.6 Å². The van der Waals surface area contributed by atoms with Crippen LogP contribution in [0.2, 0.25) is 0 Å². The minimum Gasteiger partial charge on any atom is -0.457 e. The van der Waals surface area contributed by atoms with Gasteiger partial charge in [0.15, 0.2) is 14.9 Å². The maximum atomic E-state index is 11.8. The SMILES string of the molecule is Cc1c(C(O)CN2CCC3(CC2)CN(c2ccc(S(C)(=O)=O)nc2)C3)ccc2c1COC2=O. The zero-order chi connectivity index (χ0) is 23.4. The molecule has 1 aromatic heterocycles. The van der Waals surface area contributed by atoms with Crippen LogP contribution in [0.3, 0.4) is 0 Å². The molecule has 2 saturated heterocycles. The van der Waals surface area contributed by atoms with Crippen LogP contribution in [-0.4, -0.2) is 68.4 Å². The van der Waals surface area contributed by atoms with Gasteiger partial charge in [-0.1, -0.05) is 6.07 Å². The number of piperidine rings is 1. The molecule has 1 spiro atoms. The molecule has 33 heavy (non-hydrogen) atoms. The lowest BCUT2D eigenvalue weighted by Gasteiger charge is -2.55. The molecule has 8 nitrogen and oxygen atoms in total. The van der Waals surface area contributed by atoms with Crippen LogP contribution in [0.1, 0.15) is 46.0 Å². The Bertz CT molecular complexity index is 1180. The molecule has 176 valence electrons. The molecule has 1 unspecified atom stereocenters. The molecule has 0 bridgehead atoms. The van der Waals surface area contributed by atoms with E-state index >= 15 is 0 Å². The number of esters is 1. The first kappa shape index (κ1) is 22.3. The minimum absolute atomic E-state index is 0.103. The predicted molar refractivity (Wildman–Crippen MR) is 123 cm³/mol. The van der Waals surface area contributed by atoms with Gasteiger partial charge in [0, 0.05) is 36.9 Å². The highest BCUT2D eigenvalue weighted by Gasteiger charge is 2.45. The fourth-order valence-corrected chi connectivity index (χ4v) is 5.88. The second-order valence-corrected chi connectivity index (χ2v) is 11.6. The van der Waals surface area contributed by atoms with Crippen LogP contribution in [0.15, 0.2) is 35.5 Å². The topological polar surface area (TPSA) is 100 Å². The van der Waals surface area contributed by atoms with Crippen LogP contribution in [0, 0.1) is 12.3 Å². The summed E-state index contributed by atoms with van der Waals surface area (Å²) in [6, 6.07) is 7.02. The van der Waals surface area contributed by atoms with Crippen molar-refractivity contribution in [1.29, 1.82) is 0 Å². The number of β-amino-alcohol motifs (C(OH)–C–C–N with tert-alkyl or cyclic N) is 1. The molecule has 0 amide bonds. The zero-order valence-electron chi connectivity index (χ0n) is 19.0. The van der Waals surface area contributed by atoms with Crippen molar-refractivity contribution in [3.63, 3.8) is 0 Å². The third kappa shape index (κ3) is 4.13. The third-order valence-corrected chi connectivity index (χ3v) is 8.43. The lowest BCUT2D eigenvalue weighted by molar-refractivity contribution is 0.0426. The van der Waals surface area contributed by atoms with Crippen molar-refractivity contribution < 1.29 is 23.1 Å². The number of aliphatic hydroxyl groups excluding tert-OH is 1. The molecule has 2 aromatic rings. The van der Waals surface area contributed by atoms with Gasteiger partial charge in [0.25, 0.3) is 0 Å². The van der Waals surface area contributed by atoms with Crippen LogP contribution >= 0.6 is 0 Å². The van der Waals surface area contributed by atoms with E-state index in [1.807, 2.05) is 19.1 Å². The Kier molecular flexibility index (Phi) is 5.46. The van der Waals surface area contributed by atoms with E-state index in [-0.39, 0.29) is 23.0 Å². The molecule has 0 saturated carbocycles. The fraction of sp³-hybridized carbons (Fsp3) is 0.500. The summed E-state index contributed by atoms with van der Waals surface area (Å²) in [4.78, 5) is 20.4. The number of fused-ring (bicyclic) bond motifs is 1. The number of nitrogens with zero attached hydrogens (tertiary/aromatic N) is 3. The summed E-state index contributed by atoms with van der Waals surface area (Å²) in [6.45, 7) is 6.57. The number of carbonyl (C=O) groups is 1. The average molecular weight is 472 g/mol. The number of anilines is 1. The van der Waals surface area contributed by atoms with E-state index in [0.29, 0.717) is 12.1 Å². The van der Waals surface area contributed by atoms with E-state index in [1.165, 1.54) is 6.26 Å². The van der Waals surface area contributed by atoms with E-state index in [4.69, 9.17) is 4.74 Å². The smallest absolute Gasteiger partial charge is 0.338 e. The average Bonchev–Trinajstić information content (AvgIpc) is 3.14. The van der Waals surface area contributed by atoms with E-state index in [2.05, 4.69) is 14.8 Å². The molecule has 5 rings (SSSR count). The van der Waals surface area contributed by atoms with E-state index in [1.54, 1.807) is 18.3 Å². The van der Waals surface area contributed by atoms with Gasteiger partial charge in [-0.15, -0.1) is 0 Å². The first-order valence-electron chi connectivity index (χ1n) is 11.3. The molecule has 1 atom stereocenters. The monoisotopic (exact) mass is 471 g/mol. The lowest BCUT2D eigenvalue weighted by atomic mass is 9.71. The molecule has 2 fully saturated rings. The van der Waals surface area contributed by atoms with Crippen molar-refractivity contribution in [2.45, 2.75) is 37.5 Å². The van der Waals surface area contributed by atoms with Crippen molar-refractivity contribution in [2.24, 2.45) is 5.41 Å². The summed E-state index contributed by atoms with van der Waals surface area (Å²) in [5, 5.41) is 11.0. The third-order valence-electron chi connectivity index (χ3n) is 7.43. The Balaban J connectivity index is 1.15. The largest absolute Gasteiger partial charge is 0.457 e. The fourth-order valence-electron chi connectivity index (χ4n) is 5.32. The van der Waals surface area contributed by atoms with Crippen LogP contribution in [-0.2, 0) is 21.2 Å². The molecule has 3 aliphatic rings. The maximum absolute atomic E-state index is 11.8. The second kappa shape index (κ2) is 8.07. The Morgan fingerprint density at radius 1 is 1.18 bits per heavy atom. The number of pyridine rings is 1. The van der Waals surface area contributed by atoms with Crippen molar-refractivity contribution in [3.05, 3.63) is 52.7 Å². The highest BCUT2D eigenvalue weighted by Crippen LogP contribution is 2.43. The Morgan fingerprint density at radius 2 is 1.91 bits per heavy atom. The first-order chi connectivity index (χ1) is 15.7. The van der Waals surface area contributed by atoms with Crippen molar-refractivity contribution in [2.75, 3.05) is 43.9 Å². The summed E-state index contributed by atoms with van der Waals surface area (Å²) >= 11 is 0. The van der Waals surface area contributed by atoms with Crippen molar-refractivity contribution in [3.8, 4) is 0 Å². The number of likely N-dealkylation sites (tertiary alicyclic amines) is 1. The lowest BCUT2D eigenvalue weighted by Crippen LogP contribution is -2.60. The highest BCUT2D eigenvalue weighted by molar-refractivity contribution is 7.90. The molecule has 9 heteroatoms. The Hall–Kier alpha value is -2.49. The van der Waals surface area contributed by atoms with Crippen LogP contribution in [0.25, 0.3) is 0 Å². The summed E-state index contributed by atoms with van der Waals surface area (Å²) in [7, 11) is -3.28. The summed E-state index contributed by atoms with van der Waals surface area (Å²) in [6.07, 6.45) is 4.34. The molecular formula is C24H29N3O5S. The molecule has 0 aliphatic carbocycles. The zero-order valence-corrected chi connectivity index (χ0v) is 19.8. The highest BCUT2D eigenvalue weighted by atomic mass is 32.2. The first-order valence-corrected chi connectivity index (χ1v) is 13.2. The number of hydrogen-bond acceptors (Lipinski definition) is 8. The summed E-state index contributed by atoms with van der Waals surface area (Å²) < 4.78 is 28.3. The van der Waals surface area contributed by atoms with Crippen molar-refractivity contribution >= 4 is 21.5 Å². The van der Waals surface area contributed by atoms with E-state index < -0.39 is 15.9 Å². The van der Waals surface area contributed by atoms with Gasteiger partial charge in [-0.3, -0.25) is 0 Å². The van der Waals surface area contributed by atoms with Gasteiger partial charge in [-0.2, -0.15) is 0 Å². The van der Waals surface area contributed by atoms with E-state index in [9.17, 15) is 18.3 Å². The number of aromatic nitrogens is 1. The standard InChI is InChI=1S/C24H29N3O5S/c1-16-18(4-5-19-20(16)13-32-23(19)29)21(28)12-26-9-7-24(8-10-26)14-27(15-24)17-3-6-22(25-11-17)33(2,30)31/h3-6,11,21,28H,7-10,12-15H2,1-2H3. The van der Waals surface area contributed by atoms with E-state index in [0.717, 1.165) is 61.4 Å². The summed E-state index contributed by atoms with van der Waals surface area (Å²) in [5.41, 5.74) is 4.55. The number of carbonyl (C=O) groups excluding carboxylic acids is 1. The number of benzene rings is 1. The molecule has 1 aromatic carbocycles. The Morgan fingerprint density at radius 3 is 2.55 bits per heavy atom. The van der Waals surface area contributed by atoms with Crippen LogP contribution < -0.4 is 4.90 Å². The number of rotatable bonds is 5. The van der Waals surface area contributed by atoms with Crippen LogP contribution in [0.4, 0.5) is 5.69 Å². The predicted octanol–water partition coefficient (Wildman–Crippen LogP) is 2.10. The van der Waals surface area contributed by atoms with Crippen LogP contribution in [0.5, 0.6) is 0 Å². The molecular weight excluding hydrogens is 442 g/mol. The van der Waals surface area contributed by atoms with Gasteiger partial charge >= 0.3 is 5.97 Å². The normalized spacial score (nSPS) is 20.9. The molecule has 3 aliphatic heterocycles. The maximum Gasteiger partial charge on any atom is 0.338 e. The van der Waals surface area contributed by atoms with Gasteiger partial charge in [-0.05, 0) is 62.2 Å². The number of sulfone groups is 1. The molecule has 0 radical (unpaired) electrons. The van der Waals surface area contributed by atoms with Gasteiger partial charge in [0.1, 0.15) is 6.61 Å². The second-order valence-electron chi connectivity index (χ2n) is 9.68. The number of cyclic esters (lactones) is 1. The number of ether oxygens (including phenoxy) is 1. The quantitative estimate of drug-likeness (QED) is 0.662. The number of aliphatic hydroxyl groups is 1. The number of hydrogen-bond donors (Lipinski definition) is 1. The van der Waals surface area contributed by atoms with Gasteiger partial charge in [0.05, 0.1) is 23.6 Å². The summed E-state index contributed by atoms with van der Waals surface area (Å²) in [5.74, 6) is -0.285. The molecule has 1 N–H and O–H groups in total. The molecule has 4 heterocycles.